The second-order valence-corrected chi connectivity index (χ2v) is 9.49. The number of carboxylic acid groups (broad SMARTS) is 1. The van der Waals surface area contributed by atoms with Crippen LogP contribution < -0.4 is 10.2 Å². The van der Waals surface area contributed by atoms with Crippen LogP contribution >= 0.6 is 0 Å². The van der Waals surface area contributed by atoms with Gasteiger partial charge in [-0.05, 0) is 79.3 Å². The fourth-order valence-electron chi connectivity index (χ4n) is 4.12. The Labute approximate surface area is 209 Å². The predicted octanol–water partition coefficient (Wildman–Crippen LogP) is 5.83. The highest BCUT2D eigenvalue weighted by atomic mass is 16.6. The minimum Gasteiger partial charge on any atom is -0.480 e. The number of hydrogen-bond donors (Lipinski definition) is 2. The first-order valence-corrected chi connectivity index (χ1v) is 11.6. The molecule has 0 spiro atoms. The maximum absolute atomic E-state index is 12.9. The van der Waals surface area contributed by atoms with Crippen molar-refractivity contribution in [1.82, 2.24) is 0 Å². The fraction of sp³-hybridized carbons (Fsp3) is 0.250. The number of nitrogens with one attached hydrogen (secondary N) is 1. The molecule has 8 heteroatoms. The van der Waals surface area contributed by atoms with E-state index >= 15 is 0 Å². The van der Waals surface area contributed by atoms with Crippen LogP contribution in [0.2, 0.25) is 0 Å². The summed E-state index contributed by atoms with van der Waals surface area (Å²) >= 11 is 0. The van der Waals surface area contributed by atoms with Crippen molar-refractivity contribution in [3.05, 3.63) is 83.4 Å². The van der Waals surface area contributed by atoms with Crippen LogP contribution in [-0.4, -0.2) is 35.4 Å². The number of nitrogens with zero attached hydrogens (tertiary/aromatic N) is 1. The molecule has 36 heavy (non-hydrogen) atoms. The van der Waals surface area contributed by atoms with Gasteiger partial charge in [0.05, 0.1) is 0 Å². The summed E-state index contributed by atoms with van der Waals surface area (Å²) in [6.07, 6.45) is -0.641. The summed E-state index contributed by atoms with van der Waals surface area (Å²) in [5, 5.41) is 12.0. The van der Waals surface area contributed by atoms with Gasteiger partial charge in [-0.15, -0.1) is 0 Å². The third-order valence-corrected chi connectivity index (χ3v) is 5.64. The lowest BCUT2D eigenvalue weighted by Gasteiger charge is -2.22. The van der Waals surface area contributed by atoms with E-state index in [0.717, 1.165) is 28.0 Å². The van der Waals surface area contributed by atoms with E-state index in [-0.39, 0.29) is 6.61 Å². The van der Waals surface area contributed by atoms with Crippen molar-refractivity contribution in [3.8, 4) is 11.1 Å². The molecule has 3 aromatic carbocycles. The third-order valence-electron chi connectivity index (χ3n) is 5.64. The van der Waals surface area contributed by atoms with Gasteiger partial charge in [0.2, 0.25) is 0 Å². The van der Waals surface area contributed by atoms with Gasteiger partial charge in [0.25, 0.3) is 0 Å². The molecule has 0 aromatic heterocycles. The van der Waals surface area contributed by atoms with Gasteiger partial charge in [0.15, 0.2) is 0 Å². The van der Waals surface area contributed by atoms with Crippen LogP contribution in [0, 0.1) is 0 Å². The normalized spacial score (nSPS) is 11.8. The smallest absolute Gasteiger partial charge is 0.415 e. The summed E-state index contributed by atoms with van der Waals surface area (Å²) in [6, 6.07) is 20.2. The zero-order chi connectivity index (χ0) is 25.9. The van der Waals surface area contributed by atoms with E-state index in [1.165, 1.54) is 23.3 Å². The van der Waals surface area contributed by atoms with Crippen molar-refractivity contribution in [2.45, 2.75) is 39.4 Å². The summed E-state index contributed by atoms with van der Waals surface area (Å²) < 4.78 is 10.8. The molecule has 2 amide bonds. The van der Waals surface area contributed by atoms with Gasteiger partial charge in [0, 0.05) is 11.4 Å². The zero-order valence-electron chi connectivity index (χ0n) is 20.4. The molecule has 0 saturated carbocycles. The molecule has 2 N–H and O–H groups in total. The topological polar surface area (TPSA) is 105 Å². The van der Waals surface area contributed by atoms with Gasteiger partial charge < -0.3 is 14.6 Å². The van der Waals surface area contributed by atoms with Crippen LogP contribution in [0.1, 0.15) is 37.5 Å². The Kier molecular flexibility index (Phi) is 6.96. The summed E-state index contributed by atoms with van der Waals surface area (Å²) in [6.45, 7) is 4.72. The van der Waals surface area contributed by atoms with E-state index in [1.54, 1.807) is 32.9 Å². The molecule has 8 nitrogen and oxygen atoms in total. The van der Waals surface area contributed by atoms with Gasteiger partial charge in [-0.3, -0.25) is 15.0 Å². The lowest BCUT2D eigenvalue weighted by Crippen LogP contribution is -2.36. The summed E-state index contributed by atoms with van der Waals surface area (Å²) in [5.41, 5.74) is 5.62. The molecule has 0 unspecified atom stereocenters. The molecule has 0 heterocycles. The number of benzene rings is 3. The van der Waals surface area contributed by atoms with Crippen LogP contribution in [0.3, 0.4) is 0 Å². The second kappa shape index (κ2) is 10.1. The molecule has 1 aliphatic carbocycles. The number of carboxylic acids is 1. The van der Waals surface area contributed by atoms with Crippen molar-refractivity contribution in [1.29, 1.82) is 0 Å². The Hall–Kier alpha value is -4.33. The average molecular weight is 489 g/mol. The number of carbonyl (C=O) groups is 3. The third kappa shape index (κ3) is 5.83. The first-order chi connectivity index (χ1) is 17.1. The summed E-state index contributed by atoms with van der Waals surface area (Å²) in [7, 11) is 0. The van der Waals surface area contributed by atoms with E-state index in [0.29, 0.717) is 11.4 Å². The van der Waals surface area contributed by atoms with Crippen LogP contribution in [0.15, 0.2) is 66.7 Å². The highest BCUT2D eigenvalue weighted by Gasteiger charge is 2.24. The van der Waals surface area contributed by atoms with Crippen molar-refractivity contribution in [2.24, 2.45) is 0 Å². The standard InChI is InChI=1S/C28H28N2O6/c1-28(2,3)36-26(33)29-20-11-13-21(14-12-20)30(16-25(31)32)27(34)35-17-19-8-6-10-23-22-9-5-4-7-18(22)15-24(19)23/h4-14H,15-17H2,1-3H3,(H,29,33)(H,31,32). The molecule has 0 saturated heterocycles. The monoisotopic (exact) mass is 488 g/mol. The number of amides is 2. The van der Waals surface area contributed by atoms with Gasteiger partial charge in [-0.1, -0.05) is 42.5 Å². The van der Waals surface area contributed by atoms with E-state index in [1.807, 2.05) is 24.3 Å². The lowest BCUT2D eigenvalue weighted by atomic mass is 10.0. The van der Waals surface area contributed by atoms with Gasteiger partial charge >= 0.3 is 18.2 Å². The van der Waals surface area contributed by atoms with Crippen molar-refractivity contribution >= 4 is 29.5 Å². The number of rotatable bonds is 6. The Morgan fingerprint density at radius 1 is 0.944 bits per heavy atom. The van der Waals surface area contributed by atoms with Crippen LogP contribution in [0.25, 0.3) is 11.1 Å². The quantitative estimate of drug-likeness (QED) is 0.354. The maximum atomic E-state index is 12.9. The minimum absolute atomic E-state index is 0.0183. The average Bonchev–Trinajstić information content (AvgIpc) is 3.19. The molecule has 0 bridgehead atoms. The van der Waals surface area contributed by atoms with E-state index in [9.17, 15) is 19.5 Å². The zero-order valence-corrected chi connectivity index (χ0v) is 20.4. The highest BCUT2D eigenvalue weighted by Crippen LogP contribution is 2.38. The van der Waals surface area contributed by atoms with Crippen molar-refractivity contribution in [3.63, 3.8) is 0 Å². The van der Waals surface area contributed by atoms with Crippen LogP contribution in [0.4, 0.5) is 21.0 Å². The van der Waals surface area contributed by atoms with Crippen molar-refractivity contribution in [2.75, 3.05) is 16.8 Å². The molecular formula is C28H28N2O6. The Bertz CT molecular complexity index is 1290. The molecule has 0 atom stereocenters. The minimum atomic E-state index is -1.18. The molecule has 0 radical (unpaired) electrons. The second-order valence-electron chi connectivity index (χ2n) is 9.49. The van der Waals surface area contributed by atoms with Crippen molar-refractivity contribution < 1.29 is 29.0 Å². The Morgan fingerprint density at radius 2 is 1.64 bits per heavy atom. The van der Waals surface area contributed by atoms with Gasteiger partial charge in [0.1, 0.15) is 18.8 Å². The number of anilines is 2. The largest absolute Gasteiger partial charge is 0.480 e. The number of ether oxygens (including phenoxy) is 2. The summed E-state index contributed by atoms with van der Waals surface area (Å²) in [5.74, 6) is -1.18. The SMILES string of the molecule is CC(C)(C)OC(=O)Nc1ccc(N(CC(=O)O)C(=O)OCc2cccc3c2Cc2ccccc2-3)cc1. The summed E-state index contributed by atoms with van der Waals surface area (Å²) in [4.78, 5) is 37.4. The number of aliphatic carboxylic acids is 1. The molecule has 0 aliphatic heterocycles. The molecule has 4 rings (SSSR count). The highest BCUT2D eigenvalue weighted by molar-refractivity contribution is 5.93. The molecule has 0 fully saturated rings. The fourth-order valence-corrected chi connectivity index (χ4v) is 4.12. The number of fused-ring (bicyclic) bond motifs is 3. The van der Waals surface area contributed by atoms with Crippen LogP contribution in [0.5, 0.6) is 0 Å². The maximum Gasteiger partial charge on any atom is 0.415 e. The molecule has 1 aliphatic rings. The molecular weight excluding hydrogens is 460 g/mol. The van der Waals surface area contributed by atoms with E-state index in [2.05, 4.69) is 23.5 Å². The molecule has 186 valence electrons. The first kappa shape index (κ1) is 24.8. The molecule has 3 aromatic rings. The van der Waals surface area contributed by atoms with E-state index in [4.69, 9.17) is 9.47 Å². The van der Waals surface area contributed by atoms with Gasteiger partial charge in [-0.25, -0.2) is 9.59 Å². The Balaban J connectivity index is 1.45. The Morgan fingerprint density at radius 3 is 2.33 bits per heavy atom. The lowest BCUT2D eigenvalue weighted by molar-refractivity contribution is -0.135. The van der Waals surface area contributed by atoms with Gasteiger partial charge in [-0.2, -0.15) is 0 Å². The van der Waals surface area contributed by atoms with Crippen LogP contribution in [-0.2, 0) is 27.3 Å². The predicted molar refractivity (Wildman–Crippen MR) is 136 cm³/mol. The number of carbonyl (C=O) groups excluding carboxylic acids is 2. The first-order valence-electron chi connectivity index (χ1n) is 11.6. The number of hydrogen-bond acceptors (Lipinski definition) is 5. The van der Waals surface area contributed by atoms with E-state index < -0.39 is 30.3 Å².